The molecule has 0 spiro atoms. The van der Waals surface area contributed by atoms with Crippen molar-refractivity contribution in [2.24, 2.45) is 0 Å². The molecule has 0 saturated carbocycles. The number of aliphatic hydroxyl groups excluding tert-OH is 1. The minimum Gasteiger partial charge on any atom is -0.395 e. The third kappa shape index (κ3) is 6.03. The lowest BCUT2D eigenvalue weighted by molar-refractivity contribution is 0.262. The fourth-order valence-corrected chi connectivity index (χ4v) is 3.79. The van der Waals surface area contributed by atoms with E-state index in [1.54, 1.807) is 12.1 Å². The van der Waals surface area contributed by atoms with Crippen LogP contribution in [0, 0.1) is 0 Å². The van der Waals surface area contributed by atoms with Gasteiger partial charge in [-0.15, -0.1) is 11.8 Å². The van der Waals surface area contributed by atoms with Crippen molar-refractivity contribution in [3.63, 3.8) is 0 Å². The van der Waals surface area contributed by atoms with Gasteiger partial charge >= 0.3 is 6.03 Å². The summed E-state index contributed by atoms with van der Waals surface area (Å²) in [4.78, 5) is 23.9. The highest BCUT2D eigenvalue weighted by Gasteiger charge is 2.14. The molecule has 0 atom stereocenters. The van der Waals surface area contributed by atoms with Gasteiger partial charge in [-0.2, -0.15) is 0 Å². The van der Waals surface area contributed by atoms with Gasteiger partial charge in [-0.25, -0.2) is 14.8 Å². The zero-order chi connectivity index (χ0) is 23.1. The first kappa shape index (κ1) is 23.6. The maximum Gasteiger partial charge on any atom is 0.323 e. The van der Waals surface area contributed by atoms with E-state index in [9.17, 15) is 4.79 Å². The Morgan fingerprint density at radius 3 is 2.16 bits per heavy atom. The van der Waals surface area contributed by atoms with Crippen molar-refractivity contribution in [2.75, 3.05) is 54.4 Å². The number of anilines is 4. The van der Waals surface area contributed by atoms with Crippen LogP contribution in [0.5, 0.6) is 0 Å². The largest absolute Gasteiger partial charge is 0.395 e. The number of urea groups is 1. The number of nitrogens with one attached hydrogen (secondary N) is 3. The van der Waals surface area contributed by atoms with Crippen LogP contribution in [0.3, 0.4) is 0 Å². The number of aromatic nitrogens is 2. The molecule has 0 aliphatic heterocycles. The van der Waals surface area contributed by atoms with Crippen molar-refractivity contribution in [3.05, 3.63) is 53.7 Å². The van der Waals surface area contributed by atoms with Crippen LogP contribution < -0.4 is 20.9 Å². The summed E-state index contributed by atoms with van der Waals surface area (Å²) in [7, 11) is 3.92. The Labute approximate surface area is 196 Å². The molecule has 8 nitrogen and oxygen atoms in total. The number of hydrogen-bond acceptors (Lipinski definition) is 7. The molecule has 0 radical (unpaired) electrons. The van der Waals surface area contributed by atoms with Gasteiger partial charge in [0.2, 0.25) is 0 Å². The van der Waals surface area contributed by atoms with Gasteiger partial charge in [0.05, 0.1) is 11.5 Å². The predicted octanol–water partition coefficient (Wildman–Crippen LogP) is 4.63. The number of thioether (sulfide) groups is 1. The third-order valence-corrected chi connectivity index (χ3v) is 5.66. The maximum absolute atomic E-state index is 12.3. The van der Waals surface area contributed by atoms with Crippen molar-refractivity contribution in [1.29, 1.82) is 0 Å². The Morgan fingerprint density at radius 2 is 1.62 bits per heavy atom. The van der Waals surface area contributed by atoms with Crippen LogP contribution in [-0.4, -0.2) is 54.6 Å². The summed E-state index contributed by atoms with van der Waals surface area (Å²) in [6.45, 7) is 0.336. The molecule has 168 valence electrons. The molecule has 0 fully saturated rings. The monoisotopic (exact) mass is 472 g/mol. The summed E-state index contributed by atoms with van der Waals surface area (Å²) in [5.41, 5.74) is 3.12. The number of benzene rings is 2. The van der Waals surface area contributed by atoms with Crippen LogP contribution in [-0.2, 0) is 0 Å². The van der Waals surface area contributed by atoms with Crippen LogP contribution in [0.15, 0.2) is 53.4 Å². The summed E-state index contributed by atoms with van der Waals surface area (Å²) in [5.74, 6) is 1.02. The number of rotatable bonds is 8. The lowest BCUT2D eigenvalue weighted by Gasteiger charge is -2.13. The highest BCUT2D eigenvalue weighted by molar-refractivity contribution is 7.98. The number of halogens is 1. The van der Waals surface area contributed by atoms with Crippen LogP contribution in [0.1, 0.15) is 0 Å². The molecule has 0 saturated heterocycles. The Morgan fingerprint density at radius 1 is 1.03 bits per heavy atom. The van der Waals surface area contributed by atoms with Gasteiger partial charge < -0.3 is 26.0 Å². The van der Waals surface area contributed by atoms with Gasteiger partial charge in [-0.05, 0) is 54.8 Å². The van der Waals surface area contributed by atoms with Crippen LogP contribution in [0.4, 0.5) is 27.7 Å². The molecule has 10 heteroatoms. The van der Waals surface area contributed by atoms with Crippen molar-refractivity contribution in [2.45, 2.75) is 4.90 Å². The smallest absolute Gasteiger partial charge is 0.323 e. The molecule has 4 N–H and O–H groups in total. The quantitative estimate of drug-likeness (QED) is 0.280. The van der Waals surface area contributed by atoms with E-state index in [4.69, 9.17) is 16.7 Å². The first-order chi connectivity index (χ1) is 15.4. The first-order valence-corrected chi connectivity index (χ1v) is 11.4. The molecule has 0 aliphatic carbocycles. The van der Waals surface area contributed by atoms with Gasteiger partial charge in [0.25, 0.3) is 0 Å². The average Bonchev–Trinajstić information content (AvgIpc) is 2.78. The van der Waals surface area contributed by atoms with E-state index in [-0.39, 0.29) is 12.6 Å². The number of aliphatic hydroxyl groups is 1. The molecule has 1 aromatic heterocycles. The van der Waals surface area contributed by atoms with Gasteiger partial charge in [0.1, 0.15) is 11.0 Å². The van der Waals surface area contributed by atoms with E-state index in [1.807, 2.05) is 61.6 Å². The second-order valence-corrected chi connectivity index (χ2v) is 8.14. The van der Waals surface area contributed by atoms with Crippen molar-refractivity contribution in [1.82, 2.24) is 9.97 Å². The molecule has 3 aromatic rings. The molecular formula is C22H25ClN6O2S. The Kier molecular flexibility index (Phi) is 8.15. The van der Waals surface area contributed by atoms with Gasteiger partial charge in [0.15, 0.2) is 5.82 Å². The highest BCUT2D eigenvalue weighted by Crippen LogP contribution is 2.32. The fourth-order valence-electron chi connectivity index (χ4n) is 2.87. The Hall–Kier alpha value is -3.01. The zero-order valence-corrected chi connectivity index (χ0v) is 19.6. The van der Waals surface area contributed by atoms with Crippen LogP contribution in [0.25, 0.3) is 11.4 Å². The number of amides is 2. The maximum atomic E-state index is 12.3. The molecule has 1 heterocycles. The Bertz CT molecular complexity index is 1060. The number of carbonyl (C=O) groups excluding carboxylic acids is 1. The average molecular weight is 473 g/mol. The molecule has 0 aliphatic rings. The van der Waals surface area contributed by atoms with E-state index >= 15 is 0 Å². The molecule has 0 bridgehead atoms. The molecule has 0 unspecified atom stereocenters. The van der Waals surface area contributed by atoms with E-state index in [2.05, 4.69) is 25.9 Å². The van der Waals surface area contributed by atoms with Crippen LogP contribution >= 0.6 is 23.4 Å². The van der Waals surface area contributed by atoms with Crippen molar-refractivity contribution in [3.8, 4) is 11.4 Å². The van der Waals surface area contributed by atoms with E-state index in [0.29, 0.717) is 34.7 Å². The normalized spacial score (nSPS) is 10.5. The van der Waals surface area contributed by atoms with E-state index in [0.717, 1.165) is 16.1 Å². The van der Waals surface area contributed by atoms with Gasteiger partial charge in [-0.3, -0.25) is 0 Å². The topological polar surface area (TPSA) is 102 Å². The standard InChI is InChI=1S/C22H25ClN6O2S/c1-29(2)17-10-8-16(9-11-17)26-22(31)25-15-6-4-14(5-7-15)20-27-19(23)18(32-3)21(28-20)24-12-13-30/h4-11,30H,12-13H2,1-3H3,(H,24,27,28)(H2,25,26,31). The van der Waals surface area contributed by atoms with E-state index in [1.165, 1.54) is 11.8 Å². The third-order valence-electron chi connectivity index (χ3n) is 4.48. The lowest BCUT2D eigenvalue weighted by Crippen LogP contribution is -2.19. The lowest BCUT2D eigenvalue weighted by atomic mass is 10.2. The molecule has 2 aromatic carbocycles. The highest BCUT2D eigenvalue weighted by atomic mass is 35.5. The first-order valence-electron chi connectivity index (χ1n) is 9.83. The summed E-state index contributed by atoms with van der Waals surface area (Å²) in [6.07, 6.45) is 1.89. The van der Waals surface area contributed by atoms with Crippen LogP contribution in [0.2, 0.25) is 5.15 Å². The van der Waals surface area contributed by atoms with Crippen molar-refractivity contribution < 1.29 is 9.90 Å². The zero-order valence-electron chi connectivity index (χ0n) is 18.0. The minimum absolute atomic E-state index is 0.0208. The Balaban J connectivity index is 1.69. The molecule has 3 rings (SSSR count). The van der Waals surface area contributed by atoms with Gasteiger partial charge in [-0.1, -0.05) is 11.6 Å². The predicted molar refractivity (Wildman–Crippen MR) is 133 cm³/mol. The van der Waals surface area contributed by atoms with Crippen molar-refractivity contribution >= 4 is 52.3 Å². The fraction of sp³-hybridized carbons (Fsp3) is 0.227. The number of carbonyl (C=O) groups is 1. The minimum atomic E-state index is -0.338. The second-order valence-electron chi connectivity index (χ2n) is 6.97. The summed E-state index contributed by atoms with van der Waals surface area (Å²) in [6, 6.07) is 14.4. The number of hydrogen-bond donors (Lipinski definition) is 4. The second kappa shape index (κ2) is 11.0. The summed E-state index contributed by atoms with van der Waals surface area (Å²) < 4.78 is 0. The molecular weight excluding hydrogens is 448 g/mol. The van der Waals surface area contributed by atoms with E-state index < -0.39 is 0 Å². The molecule has 32 heavy (non-hydrogen) atoms. The van der Waals surface area contributed by atoms with Gasteiger partial charge in [0, 0.05) is 43.3 Å². The molecule has 2 amide bonds. The summed E-state index contributed by atoms with van der Waals surface area (Å²) >= 11 is 7.76. The number of nitrogens with zero attached hydrogens (tertiary/aromatic N) is 3. The summed E-state index contributed by atoms with van der Waals surface area (Å²) in [5, 5.41) is 18.1. The SMILES string of the molecule is CSc1c(Cl)nc(-c2ccc(NC(=O)Nc3ccc(N(C)C)cc3)cc2)nc1NCCO.